The van der Waals surface area contributed by atoms with Gasteiger partial charge < -0.3 is 9.84 Å². The van der Waals surface area contributed by atoms with E-state index in [4.69, 9.17) is 4.74 Å². The molecule has 0 aliphatic carbocycles. The second kappa shape index (κ2) is 7.06. The van der Waals surface area contributed by atoms with Crippen LogP contribution in [0.25, 0.3) is 11.4 Å². The van der Waals surface area contributed by atoms with E-state index in [1.165, 1.54) is 24.7 Å². The Morgan fingerprint density at radius 2 is 2.17 bits per heavy atom. The molecule has 24 heavy (non-hydrogen) atoms. The second-order valence-electron chi connectivity index (χ2n) is 5.20. The molecule has 3 rings (SSSR count). The Hall–Kier alpha value is -2.32. The molecule has 2 heterocycles. The van der Waals surface area contributed by atoms with E-state index in [1.807, 2.05) is 6.92 Å². The van der Waals surface area contributed by atoms with Crippen LogP contribution in [-0.2, 0) is 6.54 Å². The summed E-state index contributed by atoms with van der Waals surface area (Å²) in [5.74, 6) is 0.912. The zero-order valence-electron chi connectivity index (χ0n) is 13.3. The summed E-state index contributed by atoms with van der Waals surface area (Å²) < 4.78 is 24.9. The molecule has 1 atom stereocenters. The Bertz CT molecular complexity index is 833. The van der Waals surface area contributed by atoms with Crippen molar-refractivity contribution in [3.8, 4) is 17.3 Å². The predicted octanol–water partition coefficient (Wildman–Crippen LogP) is 3.04. The van der Waals surface area contributed by atoms with Gasteiger partial charge >= 0.3 is 0 Å². The number of aliphatic hydroxyl groups excluding tert-OH is 1. The molecule has 0 radical (unpaired) electrons. The molecule has 0 saturated carbocycles. The van der Waals surface area contributed by atoms with Crippen LogP contribution in [0.5, 0.6) is 5.88 Å². The lowest BCUT2D eigenvalue weighted by molar-refractivity contribution is 0.163. The summed E-state index contributed by atoms with van der Waals surface area (Å²) in [6.07, 6.45) is -0.287. The first-order valence-corrected chi connectivity index (χ1v) is 8.32. The number of hydrogen-bond donors (Lipinski definition) is 1. The van der Waals surface area contributed by atoms with Crippen molar-refractivity contribution in [2.45, 2.75) is 26.0 Å². The first kappa shape index (κ1) is 16.5. The van der Waals surface area contributed by atoms with Gasteiger partial charge in [0.2, 0.25) is 5.88 Å². The maximum absolute atomic E-state index is 14.0. The van der Waals surface area contributed by atoms with Crippen molar-refractivity contribution < 1.29 is 14.2 Å². The van der Waals surface area contributed by atoms with Gasteiger partial charge in [-0.05, 0) is 24.0 Å². The molecule has 0 saturated heterocycles. The molecule has 0 amide bonds. The van der Waals surface area contributed by atoms with Crippen molar-refractivity contribution in [2.24, 2.45) is 0 Å². The standard InChI is InChI=1S/C16H17FN4O2S/c1-3-13(22)14-18-15(11-9-24-20-16(11)23-2)21(19-14)8-10-6-4-5-7-12(10)17/h4-7,9,13,22H,3,8H2,1-2H3. The van der Waals surface area contributed by atoms with Crippen LogP contribution in [0.3, 0.4) is 0 Å². The van der Waals surface area contributed by atoms with Gasteiger partial charge in [-0.15, -0.1) is 0 Å². The van der Waals surface area contributed by atoms with E-state index < -0.39 is 6.10 Å². The van der Waals surface area contributed by atoms with Gasteiger partial charge in [0.1, 0.15) is 11.9 Å². The number of benzene rings is 1. The van der Waals surface area contributed by atoms with Gasteiger partial charge in [-0.3, -0.25) is 0 Å². The lowest BCUT2D eigenvalue weighted by Crippen LogP contribution is -2.07. The highest BCUT2D eigenvalue weighted by Gasteiger charge is 2.21. The summed E-state index contributed by atoms with van der Waals surface area (Å²) in [7, 11) is 1.53. The molecule has 0 aliphatic heterocycles. The SMILES string of the molecule is CCC(O)c1nc(-c2csnc2OC)n(Cc2ccccc2F)n1. The first-order valence-electron chi connectivity index (χ1n) is 7.49. The van der Waals surface area contributed by atoms with Gasteiger partial charge in [-0.2, -0.15) is 9.47 Å². The third-order valence-electron chi connectivity index (χ3n) is 3.62. The van der Waals surface area contributed by atoms with Crippen LogP contribution in [0.15, 0.2) is 29.6 Å². The van der Waals surface area contributed by atoms with Crippen molar-refractivity contribution in [1.82, 2.24) is 19.1 Å². The number of aromatic nitrogens is 4. The van der Waals surface area contributed by atoms with Gasteiger partial charge in [0.15, 0.2) is 11.6 Å². The lowest BCUT2D eigenvalue weighted by Gasteiger charge is -2.07. The van der Waals surface area contributed by atoms with Crippen molar-refractivity contribution in [3.05, 3.63) is 46.9 Å². The van der Waals surface area contributed by atoms with Crippen LogP contribution < -0.4 is 4.74 Å². The molecule has 0 spiro atoms. The molecule has 1 unspecified atom stereocenters. The monoisotopic (exact) mass is 348 g/mol. The summed E-state index contributed by atoms with van der Waals surface area (Å²) in [6, 6.07) is 6.50. The van der Waals surface area contributed by atoms with Gasteiger partial charge in [-0.25, -0.2) is 14.1 Å². The van der Waals surface area contributed by atoms with E-state index in [9.17, 15) is 9.50 Å². The van der Waals surface area contributed by atoms with Gasteiger partial charge in [0.25, 0.3) is 0 Å². The average molecular weight is 348 g/mol. The van der Waals surface area contributed by atoms with E-state index in [0.29, 0.717) is 35.1 Å². The quantitative estimate of drug-likeness (QED) is 0.741. The summed E-state index contributed by atoms with van der Waals surface area (Å²) in [4.78, 5) is 4.42. The highest BCUT2D eigenvalue weighted by molar-refractivity contribution is 7.04. The Labute approximate surface area is 142 Å². The summed E-state index contributed by atoms with van der Waals surface area (Å²) in [6.45, 7) is 2.04. The third-order valence-corrected chi connectivity index (χ3v) is 4.23. The molecule has 0 aliphatic rings. The Morgan fingerprint density at radius 3 is 2.88 bits per heavy atom. The predicted molar refractivity (Wildman–Crippen MR) is 88.4 cm³/mol. The average Bonchev–Trinajstić information content (AvgIpc) is 3.22. The smallest absolute Gasteiger partial charge is 0.236 e. The molecule has 3 aromatic rings. The van der Waals surface area contributed by atoms with Crippen molar-refractivity contribution >= 4 is 11.5 Å². The fraction of sp³-hybridized carbons (Fsp3) is 0.312. The van der Waals surface area contributed by atoms with Crippen molar-refractivity contribution in [1.29, 1.82) is 0 Å². The topological polar surface area (TPSA) is 73.1 Å². The number of methoxy groups -OCH3 is 1. The Morgan fingerprint density at radius 1 is 1.38 bits per heavy atom. The number of halogens is 1. The molecule has 8 heteroatoms. The minimum Gasteiger partial charge on any atom is -0.480 e. The summed E-state index contributed by atoms with van der Waals surface area (Å²) in [5, 5.41) is 16.2. The highest BCUT2D eigenvalue weighted by atomic mass is 32.1. The maximum Gasteiger partial charge on any atom is 0.236 e. The summed E-state index contributed by atoms with van der Waals surface area (Å²) in [5.41, 5.74) is 1.16. The van der Waals surface area contributed by atoms with Gasteiger partial charge in [0, 0.05) is 10.9 Å². The Kier molecular flexibility index (Phi) is 4.86. The maximum atomic E-state index is 14.0. The highest BCUT2D eigenvalue weighted by Crippen LogP contribution is 2.31. The lowest BCUT2D eigenvalue weighted by atomic mass is 10.2. The molecular weight excluding hydrogens is 331 g/mol. The van der Waals surface area contributed by atoms with Crippen LogP contribution in [0.4, 0.5) is 4.39 Å². The fourth-order valence-corrected chi connectivity index (χ4v) is 2.94. The summed E-state index contributed by atoms with van der Waals surface area (Å²) >= 11 is 1.23. The minimum atomic E-state index is -0.775. The van der Waals surface area contributed by atoms with E-state index in [1.54, 1.807) is 28.3 Å². The van der Waals surface area contributed by atoms with Crippen LogP contribution in [0, 0.1) is 5.82 Å². The second-order valence-corrected chi connectivity index (χ2v) is 5.83. The minimum absolute atomic E-state index is 0.199. The van der Waals surface area contributed by atoms with E-state index in [-0.39, 0.29) is 12.4 Å². The van der Waals surface area contributed by atoms with Crippen molar-refractivity contribution in [3.63, 3.8) is 0 Å². The molecular formula is C16H17FN4O2S. The van der Waals surface area contributed by atoms with E-state index >= 15 is 0 Å². The van der Waals surface area contributed by atoms with E-state index in [0.717, 1.165) is 0 Å². The normalized spacial score (nSPS) is 12.3. The zero-order chi connectivity index (χ0) is 17.1. The molecule has 6 nitrogen and oxygen atoms in total. The molecule has 0 fully saturated rings. The molecule has 2 aromatic heterocycles. The largest absolute Gasteiger partial charge is 0.480 e. The fourth-order valence-electron chi connectivity index (χ4n) is 2.30. The number of ether oxygens (including phenoxy) is 1. The van der Waals surface area contributed by atoms with Crippen LogP contribution in [0.1, 0.15) is 30.8 Å². The number of hydrogen-bond acceptors (Lipinski definition) is 6. The van der Waals surface area contributed by atoms with Gasteiger partial charge in [-0.1, -0.05) is 25.1 Å². The molecule has 126 valence electrons. The zero-order valence-corrected chi connectivity index (χ0v) is 14.1. The van der Waals surface area contributed by atoms with Crippen LogP contribution in [0.2, 0.25) is 0 Å². The number of rotatable bonds is 6. The number of nitrogens with zero attached hydrogens (tertiary/aromatic N) is 4. The van der Waals surface area contributed by atoms with Crippen LogP contribution >= 0.6 is 11.5 Å². The Balaban J connectivity index is 2.06. The van der Waals surface area contributed by atoms with Crippen LogP contribution in [-0.4, -0.2) is 31.4 Å². The first-order chi connectivity index (χ1) is 11.6. The third kappa shape index (κ3) is 3.15. The number of aliphatic hydroxyl groups is 1. The van der Waals surface area contributed by atoms with Crippen molar-refractivity contribution in [2.75, 3.05) is 7.11 Å². The van der Waals surface area contributed by atoms with E-state index in [2.05, 4.69) is 14.5 Å². The molecule has 1 N–H and O–H groups in total. The van der Waals surface area contributed by atoms with Gasteiger partial charge in [0.05, 0.1) is 19.2 Å². The molecule has 1 aromatic carbocycles. The molecule has 0 bridgehead atoms.